The van der Waals surface area contributed by atoms with Gasteiger partial charge in [-0.15, -0.1) is 0 Å². The lowest BCUT2D eigenvalue weighted by Crippen LogP contribution is -2.25. The molecule has 0 unspecified atom stereocenters. The molecule has 10 heteroatoms. The summed E-state index contributed by atoms with van der Waals surface area (Å²) in [5.74, 6) is 0.0980. The first-order valence-electron chi connectivity index (χ1n) is 7.12. The average Bonchev–Trinajstić information content (AvgIpc) is 2.56. The lowest BCUT2D eigenvalue weighted by molar-refractivity contribution is -0.387. The number of para-hydroxylation sites is 1. The van der Waals surface area contributed by atoms with Crippen LogP contribution in [-0.2, 0) is 16.4 Å². The van der Waals surface area contributed by atoms with Crippen LogP contribution in [0.5, 0.6) is 5.75 Å². The number of nitrogens with zero attached hydrogens (tertiary/aromatic N) is 1. The minimum absolute atomic E-state index is 0.0980. The summed E-state index contributed by atoms with van der Waals surface area (Å²) >= 11 is 6.47. The van der Waals surface area contributed by atoms with Gasteiger partial charge >= 0.3 is 0 Å². The van der Waals surface area contributed by atoms with Gasteiger partial charge in [0.2, 0.25) is 10.0 Å². The molecule has 0 spiro atoms. The molecule has 0 heterocycles. The summed E-state index contributed by atoms with van der Waals surface area (Å²) < 4.78 is 28.0. The molecular weight excluding hydrogens is 480 g/mol. The summed E-state index contributed by atoms with van der Waals surface area (Å²) in [6.45, 7) is 0.129. The molecular formula is C15H14Br2N2O5S. The zero-order valence-corrected chi connectivity index (χ0v) is 16.8. The number of hydrogen-bond acceptors (Lipinski definition) is 5. The first kappa shape index (κ1) is 19.8. The number of phenolic OH excluding ortho intramolecular Hbond substituents is 1. The lowest BCUT2D eigenvalue weighted by atomic mass is 10.1. The number of phenols is 1. The third kappa shape index (κ3) is 5.00. The van der Waals surface area contributed by atoms with Crippen LogP contribution in [0.2, 0.25) is 0 Å². The van der Waals surface area contributed by atoms with Crippen LogP contribution in [0.3, 0.4) is 0 Å². The summed E-state index contributed by atoms with van der Waals surface area (Å²) in [5.41, 5.74) is 0.447. The Bertz CT molecular complexity index is 880. The van der Waals surface area contributed by atoms with Crippen LogP contribution < -0.4 is 4.72 Å². The van der Waals surface area contributed by atoms with Gasteiger partial charge in [0.25, 0.3) is 5.69 Å². The van der Waals surface area contributed by atoms with Gasteiger partial charge < -0.3 is 5.11 Å². The monoisotopic (exact) mass is 492 g/mol. The van der Waals surface area contributed by atoms with Crippen molar-refractivity contribution in [3.63, 3.8) is 0 Å². The van der Waals surface area contributed by atoms with Crippen LogP contribution in [0, 0.1) is 10.1 Å². The van der Waals surface area contributed by atoms with Crippen molar-refractivity contribution in [2.24, 2.45) is 0 Å². The lowest BCUT2D eigenvalue weighted by Gasteiger charge is -2.08. The molecule has 0 bridgehead atoms. The van der Waals surface area contributed by atoms with Gasteiger partial charge in [-0.3, -0.25) is 10.1 Å². The van der Waals surface area contributed by atoms with Gasteiger partial charge in [0.15, 0.2) is 4.90 Å². The van der Waals surface area contributed by atoms with E-state index in [1.54, 1.807) is 12.1 Å². The molecule has 0 fully saturated rings. The highest BCUT2D eigenvalue weighted by atomic mass is 79.9. The fraction of sp³-hybridized carbons (Fsp3) is 0.200. The maximum absolute atomic E-state index is 12.3. The van der Waals surface area contributed by atoms with E-state index in [9.17, 15) is 23.6 Å². The SMILES string of the molecule is O=[N+]([O-])c1ccccc1S(=O)(=O)NCCCc1cc(Br)c(O)c(Br)c1. The summed E-state index contributed by atoms with van der Waals surface area (Å²) in [4.78, 5) is 9.88. The molecule has 2 N–H and O–H groups in total. The number of nitrogens with one attached hydrogen (secondary N) is 1. The second-order valence-corrected chi connectivity index (χ2v) is 8.58. The molecule has 25 heavy (non-hydrogen) atoms. The maximum Gasteiger partial charge on any atom is 0.289 e. The summed E-state index contributed by atoms with van der Waals surface area (Å²) in [6.07, 6.45) is 1.06. The van der Waals surface area contributed by atoms with Crippen molar-refractivity contribution in [1.82, 2.24) is 4.72 Å². The quantitative estimate of drug-likeness (QED) is 0.347. The Hall–Kier alpha value is -1.49. The van der Waals surface area contributed by atoms with Crippen LogP contribution in [0.25, 0.3) is 0 Å². The molecule has 2 aromatic rings. The Morgan fingerprint density at radius 3 is 2.36 bits per heavy atom. The number of aromatic hydroxyl groups is 1. The van der Waals surface area contributed by atoms with E-state index in [0.717, 1.165) is 11.6 Å². The second kappa shape index (κ2) is 8.26. The van der Waals surface area contributed by atoms with E-state index in [-0.39, 0.29) is 17.2 Å². The van der Waals surface area contributed by atoms with Gasteiger partial charge in [0, 0.05) is 12.6 Å². The maximum atomic E-state index is 12.3. The normalized spacial score (nSPS) is 11.4. The number of nitro groups is 1. The smallest absolute Gasteiger partial charge is 0.289 e. The van der Waals surface area contributed by atoms with E-state index in [2.05, 4.69) is 36.6 Å². The van der Waals surface area contributed by atoms with Gasteiger partial charge in [0.05, 0.1) is 13.9 Å². The molecule has 0 aliphatic carbocycles. The number of halogens is 2. The third-order valence-electron chi connectivity index (χ3n) is 3.36. The molecule has 0 amide bonds. The first-order valence-corrected chi connectivity index (χ1v) is 10.2. The van der Waals surface area contributed by atoms with Gasteiger partial charge in [-0.25, -0.2) is 13.1 Å². The molecule has 2 aromatic carbocycles. The zero-order valence-electron chi connectivity index (χ0n) is 12.8. The minimum Gasteiger partial charge on any atom is -0.506 e. The van der Waals surface area contributed by atoms with Crippen molar-refractivity contribution in [1.29, 1.82) is 0 Å². The average molecular weight is 494 g/mol. The van der Waals surface area contributed by atoms with Crippen molar-refractivity contribution in [2.75, 3.05) is 6.54 Å². The Morgan fingerprint density at radius 2 is 1.76 bits per heavy atom. The molecule has 0 aliphatic heterocycles. The van der Waals surface area contributed by atoms with Crippen LogP contribution in [0.15, 0.2) is 50.2 Å². The summed E-state index contributed by atoms with van der Waals surface area (Å²) in [6, 6.07) is 8.70. The largest absolute Gasteiger partial charge is 0.506 e. The zero-order chi connectivity index (χ0) is 18.6. The van der Waals surface area contributed by atoms with Crippen LogP contribution in [0.4, 0.5) is 5.69 Å². The number of nitro benzene ring substituents is 1. The summed E-state index contributed by atoms with van der Waals surface area (Å²) in [7, 11) is -3.96. The predicted octanol–water partition coefficient (Wildman–Crippen LogP) is 3.74. The molecule has 0 atom stereocenters. The highest BCUT2D eigenvalue weighted by Gasteiger charge is 2.24. The number of rotatable bonds is 7. The topological polar surface area (TPSA) is 110 Å². The third-order valence-corrected chi connectivity index (χ3v) is 6.08. The first-order chi connectivity index (χ1) is 11.7. The second-order valence-electron chi connectivity index (χ2n) is 5.13. The Balaban J connectivity index is 2.01. The van der Waals surface area contributed by atoms with E-state index in [1.165, 1.54) is 18.2 Å². The number of benzene rings is 2. The molecule has 7 nitrogen and oxygen atoms in total. The molecule has 0 radical (unpaired) electrons. The van der Waals surface area contributed by atoms with Gasteiger partial charge in [-0.1, -0.05) is 12.1 Å². The number of hydrogen-bond donors (Lipinski definition) is 2. The van der Waals surface area contributed by atoms with E-state index < -0.39 is 20.6 Å². The Labute approximate surface area is 161 Å². The highest BCUT2D eigenvalue weighted by molar-refractivity contribution is 9.11. The van der Waals surface area contributed by atoms with Crippen molar-refractivity contribution in [3.05, 3.63) is 61.0 Å². The van der Waals surface area contributed by atoms with E-state index >= 15 is 0 Å². The molecule has 134 valence electrons. The van der Waals surface area contributed by atoms with Gasteiger partial charge in [0.1, 0.15) is 5.75 Å². The standard InChI is InChI=1S/C15H14Br2N2O5S/c16-11-8-10(9-12(17)15(11)20)4-3-7-18-25(23,24)14-6-2-1-5-13(14)19(21)22/h1-2,5-6,8-9,18,20H,3-4,7H2. The van der Waals surface area contributed by atoms with Crippen molar-refractivity contribution in [3.8, 4) is 5.75 Å². The Morgan fingerprint density at radius 1 is 1.16 bits per heavy atom. The molecule has 2 rings (SSSR count). The van der Waals surface area contributed by atoms with Gasteiger partial charge in [-0.2, -0.15) is 0 Å². The van der Waals surface area contributed by atoms with Crippen LogP contribution >= 0.6 is 31.9 Å². The van der Waals surface area contributed by atoms with Crippen molar-refractivity contribution >= 4 is 47.6 Å². The Kier molecular flexibility index (Phi) is 6.55. The number of aryl methyl sites for hydroxylation is 1. The predicted molar refractivity (Wildman–Crippen MR) is 100 cm³/mol. The fourth-order valence-corrected chi connectivity index (χ4v) is 4.70. The molecule has 0 aliphatic rings. The molecule has 0 saturated heterocycles. The van der Waals surface area contributed by atoms with E-state index in [4.69, 9.17) is 0 Å². The fourth-order valence-electron chi connectivity index (χ4n) is 2.17. The van der Waals surface area contributed by atoms with Crippen LogP contribution in [-0.4, -0.2) is 25.0 Å². The highest BCUT2D eigenvalue weighted by Crippen LogP contribution is 2.33. The van der Waals surface area contributed by atoms with Crippen molar-refractivity contribution in [2.45, 2.75) is 17.7 Å². The molecule has 0 aromatic heterocycles. The van der Waals surface area contributed by atoms with Gasteiger partial charge in [-0.05, 0) is 68.5 Å². The summed E-state index contributed by atoms with van der Waals surface area (Å²) in [5, 5.41) is 20.6. The van der Waals surface area contributed by atoms with Crippen molar-refractivity contribution < 1.29 is 18.4 Å². The number of sulfonamides is 1. The minimum atomic E-state index is -3.96. The molecule has 0 saturated carbocycles. The van der Waals surface area contributed by atoms with E-state index in [0.29, 0.717) is 21.8 Å². The van der Waals surface area contributed by atoms with E-state index in [1.807, 2.05) is 0 Å². The van der Waals surface area contributed by atoms with Crippen LogP contribution in [0.1, 0.15) is 12.0 Å².